The number of rotatable bonds is 5. The highest BCUT2D eigenvalue weighted by atomic mass is 35.5. The van der Waals surface area contributed by atoms with Gasteiger partial charge in [-0.2, -0.15) is 0 Å². The van der Waals surface area contributed by atoms with Crippen LogP contribution >= 0.6 is 12.4 Å². The minimum Gasteiger partial charge on any atom is -0.460 e. The fourth-order valence-electron chi connectivity index (χ4n) is 2.87. The molecule has 1 aromatic carbocycles. The minimum absolute atomic E-state index is 0. The zero-order valence-corrected chi connectivity index (χ0v) is 15.5. The van der Waals surface area contributed by atoms with Crippen molar-refractivity contribution in [3.63, 3.8) is 0 Å². The van der Waals surface area contributed by atoms with Gasteiger partial charge >= 0.3 is 5.97 Å². The van der Waals surface area contributed by atoms with Gasteiger partial charge in [-0.25, -0.2) is 0 Å². The van der Waals surface area contributed by atoms with E-state index in [2.05, 4.69) is 43.4 Å². The predicted octanol–water partition coefficient (Wildman–Crippen LogP) is 3.88. The van der Waals surface area contributed by atoms with Crippen molar-refractivity contribution < 1.29 is 9.53 Å². The van der Waals surface area contributed by atoms with Crippen LogP contribution in [0.2, 0.25) is 0 Å². The van der Waals surface area contributed by atoms with Gasteiger partial charge in [-0.05, 0) is 56.7 Å². The highest BCUT2D eigenvalue weighted by molar-refractivity contribution is 5.85. The first-order chi connectivity index (χ1) is 10.4. The molecule has 0 aromatic heterocycles. The fraction of sp³-hybridized carbons (Fsp3) is 0.632. The number of piperidine rings is 1. The van der Waals surface area contributed by atoms with Crippen LogP contribution in [0.3, 0.4) is 0 Å². The lowest BCUT2D eigenvalue weighted by Gasteiger charge is -2.29. The SMILES string of the molecule is CC(C)Cc1ccc(C(C)(C)C(=O)OC2CCCNC2)cc1.Cl. The zero-order valence-electron chi connectivity index (χ0n) is 14.7. The average molecular weight is 340 g/mol. The molecule has 1 aliphatic rings. The topological polar surface area (TPSA) is 38.3 Å². The Kier molecular flexibility index (Phi) is 7.56. The molecule has 130 valence electrons. The van der Waals surface area contributed by atoms with E-state index in [1.165, 1.54) is 5.56 Å². The molecule has 23 heavy (non-hydrogen) atoms. The fourth-order valence-corrected chi connectivity index (χ4v) is 2.87. The molecule has 0 bridgehead atoms. The summed E-state index contributed by atoms with van der Waals surface area (Å²) in [6, 6.07) is 8.40. The van der Waals surface area contributed by atoms with Crippen molar-refractivity contribution in [1.29, 1.82) is 0 Å². The van der Waals surface area contributed by atoms with Crippen LogP contribution in [0.5, 0.6) is 0 Å². The third-order valence-electron chi connectivity index (χ3n) is 4.36. The Morgan fingerprint density at radius 3 is 2.48 bits per heavy atom. The van der Waals surface area contributed by atoms with Crippen LogP contribution < -0.4 is 5.32 Å². The third kappa shape index (κ3) is 5.50. The maximum Gasteiger partial charge on any atom is 0.316 e. The molecule has 0 amide bonds. The number of carbonyl (C=O) groups is 1. The van der Waals surface area contributed by atoms with Crippen LogP contribution in [-0.2, 0) is 21.4 Å². The predicted molar refractivity (Wildman–Crippen MR) is 97.2 cm³/mol. The largest absolute Gasteiger partial charge is 0.460 e. The van der Waals surface area contributed by atoms with Gasteiger partial charge in [-0.1, -0.05) is 38.1 Å². The second-order valence-electron chi connectivity index (χ2n) is 7.29. The summed E-state index contributed by atoms with van der Waals surface area (Å²) in [4.78, 5) is 12.5. The molecule has 1 aliphatic heterocycles. The van der Waals surface area contributed by atoms with Gasteiger partial charge < -0.3 is 10.1 Å². The van der Waals surface area contributed by atoms with Crippen LogP contribution in [0.4, 0.5) is 0 Å². The first kappa shape index (κ1) is 20.0. The highest BCUT2D eigenvalue weighted by Crippen LogP contribution is 2.27. The van der Waals surface area contributed by atoms with Gasteiger partial charge in [-0.15, -0.1) is 12.4 Å². The molecule has 1 N–H and O–H groups in total. The molecule has 1 heterocycles. The van der Waals surface area contributed by atoms with Gasteiger partial charge in [0.05, 0.1) is 5.41 Å². The quantitative estimate of drug-likeness (QED) is 0.827. The minimum atomic E-state index is -0.603. The third-order valence-corrected chi connectivity index (χ3v) is 4.36. The maximum atomic E-state index is 12.5. The molecular weight excluding hydrogens is 310 g/mol. The number of hydrogen-bond acceptors (Lipinski definition) is 3. The number of nitrogens with one attached hydrogen (secondary N) is 1. The Balaban J connectivity index is 0.00000264. The molecule has 1 fully saturated rings. The second-order valence-corrected chi connectivity index (χ2v) is 7.29. The average Bonchev–Trinajstić information content (AvgIpc) is 2.48. The van der Waals surface area contributed by atoms with Gasteiger partial charge in [0, 0.05) is 6.54 Å². The van der Waals surface area contributed by atoms with Crippen molar-refractivity contribution in [3.8, 4) is 0 Å². The molecule has 1 saturated heterocycles. The lowest BCUT2D eigenvalue weighted by Crippen LogP contribution is -2.41. The highest BCUT2D eigenvalue weighted by Gasteiger charge is 2.33. The molecule has 1 atom stereocenters. The number of ether oxygens (including phenoxy) is 1. The summed E-state index contributed by atoms with van der Waals surface area (Å²) in [5.74, 6) is 0.514. The van der Waals surface area contributed by atoms with Gasteiger partial charge in [0.1, 0.15) is 6.10 Å². The lowest BCUT2D eigenvalue weighted by atomic mass is 9.84. The summed E-state index contributed by atoms with van der Waals surface area (Å²) < 4.78 is 5.70. The standard InChI is InChI=1S/C19H29NO2.ClH/c1-14(2)12-15-7-9-16(10-8-15)19(3,4)18(21)22-17-6-5-11-20-13-17;/h7-10,14,17,20H,5-6,11-13H2,1-4H3;1H. The Morgan fingerprint density at radius 2 is 1.96 bits per heavy atom. The molecule has 1 aromatic rings. The van der Waals surface area contributed by atoms with Crippen molar-refractivity contribution in [1.82, 2.24) is 5.32 Å². The lowest BCUT2D eigenvalue weighted by molar-refractivity contribution is -0.155. The van der Waals surface area contributed by atoms with Gasteiger partial charge in [0.2, 0.25) is 0 Å². The Labute approximate surface area is 146 Å². The number of hydrogen-bond donors (Lipinski definition) is 1. The van der Waals surface area contributed by atoms with E-state index in [9.17, 15) is 4.79 Å². The van der Waals surface area contributed by atoms with E-state index in [0.29, 0.717) is 5.92 Å². The van der Waals surface area contributed by atoms with E-state index < -0.39 is 5.41 Å². The van der Waals surface area contributed by atoms with Crippen molar-refractivity contribution in [2.75, 3.05) is 13.1 Å². The van der Waals surface area contributed by atoms with Crippen LogP contribution in [0, 0.1) is 5.92 Å². The molecule has 4 heteroatoms. The molecular formula is C19H30ClNO2. The van der Waals surface area contributed by atoms with Gasteiger partial charge in [0.15, 0.2) is 0 Å². The number of benzene rings is 1. The number of esters is 1. The van der Waals surface area contributed by atoms with E-state index in [0.717, 1.165) is 37.9 Å². The van der Waals surface area contributed by atoms with Crippen LogP contribution in [0.15, 0.2) is 24.3 Å². The maximum absolute atomic E-state index is 12.5. The normalized spacial score (nSPS) is 18.4. The Bertz CT molecular complexity index is 491. The van der Waals surface area contributed by atoms with E-state index >= 15 is 0 Å². The summed E-state index contributed by atoms with van der Waals surface area (Å²) in [6.45, 7) is 10.1. The van der Waals surface area contributed by atoms with E-state index in [4.69, 9.17) is 4.74 Å². The molecule has 0 aliphatic carbocycles. The van der Waals surface area contributed by atoms with Crippen molar-refractivity contribution in [3.05, 3.63) is 35.4 Å². The molecule has 1 unspecified atom stereocenters. The number of halogens is 1. The number of carbonyl (C=O) groups excluding carboxylic acids is 1. The van der Waals surface area contributed by atoms with Crippen molar-refractivity contribution in [2.45, 2.75) is 58.5 Å². The first-order valence-corrected chi connectivity index (χ1v) is 8.41. The zero-order chi connectivity index (χ0) is 16.2. The molecule has 3 nitrogen and oxygen atoms in total. The van der Waals surface area contributed by atoms with Crippen LogP contribution in [0.25, 0.3) is 0 Å². The Morgan fingerprint density at radius 1 is 1.30 bits per heavy atom. The van der Waals surface area contributed by atoms with E-state index in [1.54, 1.807) is 0 Å². The summed E-state index contributed by atoms with van der Waals surface area (Å²) >= 11 is 0. The summed E-state index contributed by atoms with van der Waals surface area (Å²) in [5.41, 5.74) is 1.74. The second kappa shape index (κ2) is 8.70. The van der Waals surface area contributed by atoms with Crippen LogP contribution in [0.1, 0.15) is 51.7 Å². The molecule has 2 rings (SSSR count). The molecule has 0 radical (unpaired) electrons. The monoisotopic (exact) mass is 339 g/mol. The summed E-state index contributed by atoms with van der Waals surface area (Å²) in [7, 11) is 0. The Hall–Kier alpha value is -1.06. The molecule has 0 saturated carbocycles. The van der Waals surface area contributed by atoms with Gasteiger partial charge in [0.25, 0.3) is 0 Å². The van der Waals surface area contributed by atoms with Gasteiger partial charge in [-0.3, -0.25) is 4.79 Å². The van der Waals surface area contributed by atoms with E-state index in [-0.39, 0.29) is 24.5 Å². The van der Waals surface area contributed by atoms with Crippen molar-refractivity contribution >= 4 is 18.4 Å². The van der Waals surface area contributed by atoms with Crippen molar-refractivity contribution in [2.24, 2.45) is 5.92 Å². The summed E-state index contributed by atoms with van der Waals surface area (Å²) in [5, 5.41) is 3.28. The smallest absolute Gasteiger partial charge is 0.316 e. The summed E-state index contributed by atoms with van der Waals surface area (Å²) in [6.07, 6.45) is 3.12. The molecule has 0 spiro atoms. The van der Waals surface area contributed by atoms with Crippen LogP contribution in [-0.4, -0.2) is 25.2 Å². The van der Waals surface area contributed by atoms with E-state index in [1.807, 2.05) is 13.8 Å². The first-order valence-electron chi connectivity index (χ1n) is 8.41.